The zero-order chi connectivity index (χ0) is 15.8. The number of nitriles is 1. The van der Waals surface area contributed by atoms with Gasteiger partial charge in [0.15, 0.2) is 0 Å². The van der Waals surface area contributed by atoms with Gasteiger partial charge in [-0.15, -0.1) is 11.8 Å². The molecular weight excluding hydrogens is 300 g/mol. The van der Waals surface area contributed by atoms with Gasteiger partial charge in [-0.25, -0.2) is 0 Å². The molecule has 1 aromatic rings. The van der Waals surface area contributed by atoms with Crippen LogP contribution in [0.1, 0.15) is 19.3 Å². The van der Waals surface area contributed by atoms with Crippen LogP contribution in [0, 0.1) is 11.3 Å². The summed E-state index contributed by atoms with van der Waals surface area (Å²) in [5.74, 6) is 1.90. The Labute approximate surface area is 134 Å². The zero-order valence-corrected chi connectivity index (χ0v) is 13.2. The lowest BCUT2D eigenvalue weighted by molar-refractivity contribution is -0.121. The lowest BCUT2D eigenvalue weighted by atomic mass is 10.2. The van der Waals surface area contributed by atoms with Crippen molar-refractivity contribution in [2.24, 2.45) is 0 Å². The first-order valence-electron chi connectivity index (χ1n) is 7.05. The van der Waals surface area contributed by atoms with Crippen LogP contribution in [0.5, 0.6) is 5.75 Å². The van der Waals surface area contributed by atoms with Gasteiger partial charge < -0.3 is 9.47 Å². The summed E-state index contributed by atoms with van der Waals surface area (Å²) < 4.78 is 10.3. The minimum absolute atomic E-state index is 0.111. The summed E-state index contributed by atoms with van der Waals surface area (Å²) in [6, 6.07) is 9.88. The summed E-state index contributed by atoms with van der Waals surface area (Å²) in [4.78, 5) is 12.9. The summed E-state index contributed by atoms with van der Waals surface area (Å²) in [5, 5.41) is 11.5. The first kappa shape index (κ1) is 16.2. The minimum Gasteiger partial charge on any atom is -0.497 e. The number of hydrogen-bond donors (Lipinski definition) is 1. The molecule has 22 heavy (non-hydrogen) atoms. The summed E-state index contributed by atoms with van der Waals surface area (Å²) in [5.41, 5.74) is 0.515. The fourth-order valence-electron chi connectivity index (χ4n) is 1.96. The molecule has 0 spiro atoms. The Hall–Kier alpha value is -2.13. The van der Waals surface area contributed by atoms with Crippen LogP contribution in [0.15, 0.2) is 40.6 Å². The number of carbonyl (C=O) groups is 1. The average molecular weight is 318 g/mol. The second-order valence-electron chi connectivity index (χ2n) is 4.69. The van der Waals surface area contributed by atoms with Crippen LogP contribution >= 0.6 is 11.8 Å². The molecule has 0 saturated heterocycles. The van der Waals surface area contributed by atoms with Gasteiger partial charge in [0.05, 0.1) is 19.3 Å². The van der Waals surface area contributed by atoms with Crippen molar-refractivity contribution in [3.63, 3.8) is 0 Å². The molecule has 0 fully saturated rings. The number of methoxy groups -OCH3 is 1. The third-order valence-corrected chi connectivity index (χ3v) is 4.24. The molecule has 0 bridgehead atoms. The number of nitrogens with one attached hydrogen (secondary N) is 1. The van der Waals surface area contributed by atoms with Crippen molar-refractivity contribution >= 4 is 17.7 Å². The molecular formula is C16H18N2O3S. The molecule has 2 rings (SSSR count). The Bertz CT molecular complexity index is 590. The van der Waals surface area contributed by atoms with Crippen LogP contribution in [0.25, 0.3) is 0 Å². The maximum absolute atomic E-state index is 11.8. The monoisotopic (exact) mass is 318 g/mol. The molecule has 0 radical (unpaired) electrons. The third-order valence-electron chi connectivity index (χ3n) is 3.14. The van der Waals surface area contributed by atoms with Gasteiger partial charge >= 0.3 is 0 Å². The Morgan fingerprint density at radius 3 is 2.91 bits per heavy atom. The van der Waals surface area contributed by atoms with E-state index < -0.39 is 0 Å². The number of hydrogen-bond acceptors (Lipinski definition) is 5. The van der Waals surface area contributed by atoms with Crippen molar-refractivity contribution in [3.8, 4) is 11.8 Å². The van der Waals surface area contributed by atoms with Crippen LogP contribution in [0.4, 0.5) is 0 Å². The van der Waals surface area contributed by atoms with Crippen LogP contribution in [0.2, 0.25) is 0 Å². The average Bonchev–Trinajstić information content (AvgIpc) is 2.99. The van der Waals surface area contributed by atoms with Crippen molar-refractivity contribution in [1.29, 1.82) is 5.26 Å². The van der Waals surface area contributed by atoms with Gasteiger partial charge in [-0.2, -0.15) is 5.26 Å². The number of amides is 1. The van der Waals surface area contributed by atoms with Gasteiger partial charge in [-0.1, -0.05) is 0 Å². The quantitative estimate of drug-likeness (QED) is 0.618. The number of carbonyl (C=O) groups excluding carboxylic acids is 1. The topological polar surface area (TPSA) is 71.3 Å². The lowest BCUT2D eigenvalue weighted by Gasteiger charge is -2.07. The van der Waals surface area contributed by atoms with Gasteiger partial charge in [-0.05, 0) is 36.4 Å². The van der Waals surface area contributed by atoms with Crippen LogP contribution in [0.3, 0.4) is 0 Å². The van der Waals surface area contributed by atoms with Gasteiger partial charge in [0.25, 0.3) is 0 Å². The highest BCUT2D eigenvalue weighted by molar-refractivity contribution is 7.99. The van der Waals surface area contributed by atoms with E-state index in [0.29, 0.717) is 30.9 Å². The van der Waals surface area contributed by atoms with E-state index in [1.807, 2.05) is 30.3 Å². The molecule has 1 heterocycles. The largest absolute Gasteiger partial charge is 0.497 e. The molecule has 1 amide bonds. The molecule has 6 heteroatoms. The molecule has 1 aliphatic rings. The second-order valence-corrected chi connectivity index (χ2v) is 5.86. The number of ether oxygens (including phenoxy) is 2. The van der Waals surface area contributed by atoms with E-state index in [4.69, 9.17) is 14.7 Å². The van der Waals surface area contributed by atoms with Crippen molar-refractivity contribution < 1.29 is 14.3 Å². The fraction of sp³-hybridized carbons (Fsp3) is 0.375. The Morgan fingerprint density at radius 1 is 1.45 bits per heavy atom. The van der Waals surface area contributed by atoms with Crippen LogP contribution < -0.4 is 10.1 Å². The van der Waals surface area contributed by atoms with E-state index in [1.54, 1.807) is 18.9 Å². The second kappa shape index (κ2) is 8.35. The van der Waals surface area contributed by atoms with E-state index >= 15 is 0 Å². The van der Waals surface area contributed by atoms with Gasteiger partial charge in [-0.3, -0.25) is 10.1 Å². The molecule has 0 unspecified atom stereocenters. The van der Waals surface area contributed by atoms with Gasteiger partial charge in [0.2, 0.25) is 11.8 Å². The molecule has 0 aromatic heterocycles. The highest BCUT2D eigenvalue weighted by Crippen LogP contribution is 2.22. The van der Waals surface area contributed by atoms with Crippen LogP contribution in [-0.4, -0.2) is 25.4 Å². The van der Waals surface area contributed by atoms with Crippen molar-refractivity contribution in [2.75, 3.05) is 19.5 Å². The van der Waals surface area contributed by atoms with Crippen molar-refractivity contribution in [3.05, 3.63) is 35.7 Å². The zero-order valence-electron chi connectivity index (χ0n) is 12.4. The highest BCUT2D eigenvalue weighted by Gasteiger charge is 2.17. The molecule has 116 valence electrons. The molecule has 1 aliphatic heterocycles. The predicted molar refractivity (Wildman–Crippen MR) is 84.3 cm³/mol. The van der Waals surface area contributed by atoms with E-state index in [0.717, 1.165) is 22.8 Å². The SMILES string of the molecule is COc1ccc(SCCCC(=O)NC2=C(C#N)CCO2)cc1. The molecule has 0 aliphatic carbocycles. The Morgan fingerprint density at radius 2 is 2.23 bits per heavy atom. The van der Waals surface area contributed by atoms with E-state index in [9.17, 15) is 4.79 Å². The Balaban J connectivity index is 1.68. The summed E-state index contributed by atoms with van der Waals surface area (Å²) in [6.07, 6.45) is 1.74. The van der Waals surface area contributed by atoms with Crippen molar-refractivity contribution in [1.82, 2.24) is 5.32 Å². The molecule has 1 N–H and O–H groups in total. The van der Waals surface area contributed by atoms with E-state index in [2.05, 4.69) is 5.32 Å². The molecule has 1 aromatic carbocycles. The predicted octanol–water partition coefficient (Wildman–Crippen LogP) is 2.84. The number of rotatable bonds is 7. The fourth-order valence-corrected chi connectivity index (χ4v) is 2.81. The standard InChI is InChI=1S/C16H18N2O3S/c1-20-13-4-6-14(7-5-13)22-10-2-3-15(19)18-16-12(11-17)8-9-21-16/h4-7H,2-3,8-10H2,1H3,(H,18,19). The maximum atomic E-state index is 11.8. The Kier molecular flexibility index (Phi) is 6.16. The van der Waals surface area contributed by atoms with E-state index in [-0.39, 0.29) is 5.91 Å². The lowest BCUT2D eigenvalue weighted by Crippen LogP contribution is -2.23. The smallest absolute Gasteiger partial charge is 0.226 e. The van der Waals surface area contributed by atoms with Gasteiger partial charge in [0, 0.05) is 17.7 Å². The van der Waals surface area contributed by atoms with Gasteiger partial charge in [0.1, 0.15) is 11.8 Å². The summed E-state index contributed by atoms with van der Waals surface area (Å²) in [6.45, 7) is 0.464. The van der Waals surface area contributed by atoms with Crippen LogP contribution in [-0.2, 0) is 9.53 Å². The number of thioether (sulfide) groups is 1. The van der Waals surface area contributed by atoms with E-state index in [1.165, 1.54) is 0 Å². The first-order valence-corrected chi connectivity index (χ1v) is 8.04. The summed E-state index contributed by atoms with van der Waals surface area (Å²) in [7, 11) is 1.64. The molecule has 0 saturated carbocycles. The third kappa shape index (κ3) is 4.71. The number of benzene rings is 1. The molecule has 0 atom stereocenters. The highest BCUT2D eigenvalue weighted by atomic mass is 32.2. The minimum atomic E-state index is -0.111. The number of nitrogens with zero attached hydrogens (tertiary/aromatic N) is 1. The molecule has 5 nitrogen and oxygen atoms in total. The first-order chi connectivity index (χ1) is 10.7. The normalized spacial score (nSPS) is 13.5. The maximum Gasteiger partial charge on any atom is 0.226 e. The summed E-state index contributed by atoms with van der Waals surface area (Å²) >= 11 is 1.70. The van der Waals surface area contributed by atoms with Crippen molar-refractivity contribution in [2.45, 2.75) is 24.2 Å².